The maximum atomic E-state index is 12.0. The number of hydrogen-bond acceptors (Lipinski definition) is 2. The second kappa shape index (κ2) is 6.21. The summed E-state index contributed by atoms with van der Waals surface area (Å²) in [6.45, 7) is 3.05. The summed E-state index contributed by atoms with van der Waals surface area (Å²) in [4.78, 5) is 12.0. The lowest BCUT2D eigenvalue weighted by Crippen LogP contribution is -2.24. The molecule has 1 amide bonds. The largest absolute Gasteiger partial charge is 0.346 e. The molecule has 0 aliphatic carbocycles. The fourth-order valence-corrected chi connectivity index (χ4v) is 2.34. The zero-order chi connectivity index (χ0) is 13.8. The van der Waals surface area contributed by atoms with Gasteiger partial charge in [-0.2, -0.15) is 5.10 Å². The quantitative estimate of drug-likeness (QED) is 0.927. The van der Waals surface area contributed by atoms with Crippen molar-refractivity contribution in [3.63, 3.8) is 0 Å². The van der Waals surface area contributed by atoms with Crippen LogP contribution in [0.2, 0.25) is 5.02 Å². The summed E-state index contributed by atoms with van der Waals surface area (Å²) in [7, 11) is 0. The first-order chi connectivity index (χ1) is 9.11. The van der Waals surface area contributed by atoms with Crippen LogP contribution in [0.15, 0.2) is 34.9 Å². The van der Waals surface area contributed by atoms with Crippen molar-refractivity contribution in [1.82, 2.24) is 15.1 Å². The minimum atomic E-state index is -0.138. The lowest BCUT2D eigenvalue weighted by Gasteiger charge is -2.08. The summed E-state index contributed by atoms with van der Waals surface area (Å²) in [6.07, 6.45) is 1.59. The number of hydrogen-bond donors (Lipinski definition) is 1. The van der Waals surface area contributed by atoms with Crippen LogP contribution < -0.4 is 5.32 Å². The number of nitrogens with zero attached hydrogens (tertiary/aromatic N) is 2. The van der Waals surface area contributed by atoms with Gasteiger partial charge < -0.3 is 5.32 Å². The van der Waals surface area contributed by atoms with Crippen molar-refractivity contribution in [3.8, 4) is 0 Å². The number of amides is 1. The monoisotopic (exact) mass is 341 g/mol. The van der Waals surface area contributed by atoms with Gasteiger partial charge in [0.25, 0.3) is 5.91 Å². The third kappa shape index (κ3) is 3.36. The van der Waals surface area contributed by atoms with Crippen LogP contribution >= 0.6 is 27.5 Å². The first-order valence-corrected chi connectivity index (χ1v) is 7.03. The van der Waals surface area contributed by atoms with E-state index in [4.69, 9.17) is 11.6 Å². The molecule has 6 heteroatoms. The zero-order valence-corrected chi connectivity index (χ0v) is 12.7. The Hall–Kier alpha value is -1.33. The molecule has 0 spiro atoms. The summed E-state index contributed by atoms with van der Waals surface area (Å²) < 4.78 is 2.64. The van der Waals surface area contributed by atoms with Crippen LogP contribution in [0.4, 0.5) is 0 Å². The molecule has 1 aromatic carbocycles. The van der Waals surface area contributed by atoms with Gasteiger partial charge in [-0.25, -0.2) is 0 Å². The topological polar surface area (TPSA) is 46.9 Å². The second-order valence-corrected chi connectivity index (χ2v) is 5.27. The first-order valence-electron chi connectivity index (χ1n) is 5.85. The Bertz CT molecular complexity index is 597. The van der Waals surface area contributed by atoms with Gasteiger partial charge in [0, 0.05) is 16.6 Å². The van der Waals surface area contributed by atoms with Crippen molar-refractivity contribution < 1.29 is 4.79 Å². The zero-order valence-electron chi connectivity index (χ0n) is 10.4. The Morgan fingerprint density at radius 2 is 2.32 bits per heavy atom. The van der Waals surface area contributed by atoms with E-state index in [2.05, 4.69) is 26.3 Å². The van der Waals surface area contributed by atoms with Crippen LogP contribution in [0.3, 0.4) is 0 Å². The molecule has 0 saturated heterocycles. The van der Waals surface area contributed by atoms with E-state index in [1.807, 2.05) is 19.1 Å². The predicted molar refractivity (Wildman–Crippen MR) is 78.2 cm³/mol. The Morgan fingerprint density at radius 3 is 3.00 bits per heavy atom. The van der Waals surface area contributed by atoms with E-state index in [0.717, 1.165) is 16.7 Å². The summed E-state index contributed by atoms with van der Waals surface area (Å²) >= 11 is 9.38. The minimum Gasteiger partial charge on any atom is -0.346 e. The van der Waals surface area contributed by atoms with E-state index >= 15 is 0 Å². The molecule has 1 N–H and O–H groups in total. The number of carbonyl (C=O) groups is 1. The van der Waals surface area contributed by atoms with Gasteiger partial charge in [0.2, 0.25) is 0 Å². The second-order valence-electron chi connectivity index (χ2n) is 3.95. The normalized spacial score (nSPS) is 10.5. The third-order valence-corrected chi connectivity index (χ3v) is 3.51. The van der Waals surface area contributed by atoms with Crippen molar-refractivity contribution >= 4 is 33.4 Å². The van der Waals surface area contributed by atoms with Crippen LogP contribution in [0.1, 0.15) is 23.0 Å². The molecule has 1 heterocycles. The Morgan fingerprint density at radius 1 is 1.53 bits per heavy atom. The highest BCUT2D eigenvalue weighted by molar-refractivity contribution is 9.10. The highest BCUT2D eigenvalue weighted by Crippen LogP contribution is 2.15. The molecule has 0 saturated carbocycles. The number of carbonyl (C=O) groups excluding carboxylic acids is 1. The van der Waals surface area contributed by atoms with Crippen LogP contribution in [0.5, 0.6) is 0 Å². The average molecular weight is 343 g/mol. The highest BCUT2D eigenvalue weighted by Gasteiger charge is 2.10. The molecule has 0 aliphatic heterocycles. The van der Waals surface area contributed by atoms with Gasteiger partial charge in [0.1, 0.15) is 0 Å². The van der Waals surface area contributed by atoms with Crippen LogP contribution in [0.25, 0.3) is 0 Å². The van der Waals surface area contributed by atoms with Gasteiger partial charge >= 0.3 is 0 Å². The van der Waals surface area contributed by atoms with Gasteiger partial charge in [-0.3, -0.25) is 9.48 Å². The maximum Gasteiger partial charge on any atom is 0.251 e. The average Bonchev–Trinajstić information content (AvgIpc) is 2.76. The van der Waals surface area contributed by atoms with Crippen molar-refractivity contribution in [2.24, 2.45) is 0 Å². The number of rotatable bonds is 4. The summed E-state index contributed by atoms with van der Waals surface area (Å²) in [5.41, 5.74) is 1.42. The molecule has 2 rings (SSSR count). The predicted octanol–water partition coefficient (Wildman–Crippen LogP) is 3.25. The SMILES string of the molecule is CCn1ncc(Cl)c1CNC(=O)c1cccc(Br)c1. The number of aromatic nitrogens is 2. The number of nitrogens with one attached hydrogen (secondary N) is 1. The van der Waals surface area contributed by atoms with Gasteiger partial charge in [0.15, 0.2) is 0 Å². The van der Waals surface area contributed by atoms with Gasteiger partial charge in [-0.1, -0.05) is 33.6 Å². The first kappa shape index (κ1) is 14.1. The fourth-order valence-electron chi connectivity index (χ4n) is 1.73. The Kier molecular flexibility index (Phi) is 4.61. The molecular weight excluding hydrogens is 330 g/mol. The summed E-state index contributed by atoms with van der Waals surface area (Å²) in [6, 6.07) is 7.23. The van der Waals surface area contributed by atoms with E-state index in [9.17, 15) is 4.79 Å². The van der Waals surface area contributed by atoms with Crippen LogP contribution in [0, 0.1) is 0 Å². The molecule has 1 aromatic heterocycles. The van der Waals surface area contributed by atoms with Gasteiger partial charge in [0.05, 0.1) is 23.5 Å². The highest BCUT2D eigenvalue weighted by atomic mass is 79.9. The Balaban J connectivity index is 2.06. The molecule has 0 atom stereocenters. The molecule has 0 bridgehead atoms. The van der Waals surface area contributed by atoms with E-state index in [-0.39, 0.29) is 5.91 Å². The van der Waals surface area contributed by atoms with Gasteiger partial charge in [-0.05, 0) is 25.1 Å². The molecule has 19 heavy (non-hydrogen) atoms. The smallest absolute Gasteiger partial charge is 0.251 e. The van der Waals surface area contributed by atoms with Crippen molar-refractivity contribution in [2.45, 2.75) is 20.0 Å². The van der Waals surface area contributed by atoms with Crippen molar-refractivity contribution in [3.05, 3.63) is 51.2 Å². The summed E-state index contributed by atoms with van der Waals surface area (Å²) in [5.74, 6) is -0.138. The van der Waals surface area contributed by atoms with Crippen molar-refractivity contribution in [1.29, 1.82) is 0 Å². The summed E-state index contributed by atoms with van der Waals surface area (Å²) in [5, 5.41) is 7.53. The third-order valence-electron chi connectivity index (χ3n) is 2.70. The van der Waals surface area contributed by atoms with E-state index in [0.29, 0.717) is 17.1 Å². The number of halogens is 2. The molecule has 0 aliphatic rings. The molecule has 100 valence electrons. The number of benzene rings is 1. The minimum absolute atomic E-state index is 0.138. The lowest BCUT2D eigenvalue weighted by atomic mass is 10.2. The standard InChI is InChI=1S/C13H13BrClN3O/c1-2-18-12(11(15)7-17-18)8-16-13(19)9-4-3-5-10(14)6-9/h3-7H,2,8H2,1H3,(H,16,19). The number of aryl methyl sites for hydroxylation is 1. The van der Waals surface area contributed by atoms with E-state index < -0.39 is 0 Å². The molecule has 0 unspecified atom stereocenters. The van der Waals surface area contributed by atoms with Crippen molar-refractivity contribution in [2.75, 3.05) is 0 Å². The molecule has 4 nitrogen and oxygen atoms in total. The molecular formula is C13H13BrClN3O. The van der Waals surface area contributed by atoms with Gasteiger partial charge in [-0.15, -0.1) is 0 Å². The lowest BCUT2D eigenvalue weighted by molar-refractivity contribution is 0.0950. The molecule has 0 radical (unpaired) electrons. The van der Waals surface area contributed by atoms with Crippen LogP contribution in [-0.4, -0.2) is 15.7 Å². The molecule has 0 fully saturated rings. The maximum absolute atomic E-state index is 12.0. The van der Waals surface area contributed by atoms with E-state index in [1.54, 1.807) is 23.0 Å². The Labute approximate surface area is 124 Å². The fraction of sp³-hybridized carbons (Fsp3) is 0.231. The van der Waals surface area contributed by atoms with Crippen LogP contribution in [-0.2, 0) is 13.1 Å². The molecule has 2 aromatic rings. The van der Waals surface area contributed by atoms with E-state index in [1.165, 1.54) is 0 Å².